The summed E-state index contributed by atoms with van der Waals surface area (Å²) in [6, 6.07) is 0. The first-order valence-corrected chi connectivity index (χ1v) is 8.02. The van der Waals surface area contributed by atoms with Crippen molar-refractivity contribution in [2.24, 2.45) is 0 Å². The lowest BCUT2D eigenvalue weighted by molar-refractivity contribution is -0.0224. The SMILES string of the molecule is CC(C)(C)OC(=O)Nc1ncnc2c([C@H]3O[C@H](CO)[C@@H](O)[C@H]3O)cnn12. The Balaban J connectivity index is 1.89. The summed E-state index contributed by atoms with van der Waals surface area (Å²) in [4.78, 5) is 20.0. The van der Waals surface area contributed by atoms with Crippen molar-refractivity contribution in [3.05, 3.63) is 18.1 Å². The molecule has 1 saturated heterocycles. The third-order valence-corrected chi connectivity index (χ3v) is 3.79. The fourth-order valence-corrected chi connectivity index (χ4v) is 2.67. The van der Waals surface area contributed by atoms with E-state index in [1.54, 1.807) is 20.8 Å². The standard InChI is InChI=1S/C15H21N5O6/c1-15(2,3)26-14(24)19-13-17-6-16-12-7(4-18-20(12)13)11-10(23)9(22)8(5-21)25-11/h4,6,8-11,21-23H,5H2,1-3H3,(H,16,17,19,24)/t8-,9-,10-,11-/m1/s1. The lowest BCUT2D eigenvalue weighted by atomic mass is 10.0. The highest BCUT2D eigenvalue weighted by Gasteiger charge is 2.44. The van der Waals surface area contributed by atoms with E-state index in [9.17, 15) is 20.1 Å². The van der Waals surface area contributed by atoms with Crippen LogP contribution in [0, 0.1) is 0 Å². The van der Waals surface area contributed by atoms with Crippen LogP contribution in [0.4, 0.5) is 10.7 Å². The molecule has 0 aromatic carbocycles. The molecular weight excluding hydrogens is 346 g/mol. The second-order valence-corrected chi connectivity index (χ2v) is 6.92. The number of nitrogens with zero attached hydrogens (tertiary/aromatic N) is 4. The molecule has 0 spiro atoms. The number of rotatable bonds is 3. The zero-order chi connectivity index (χ0) is 19.1. The largest absolute Gasteiger partial charge is 0.444 e. The van der Waals surface area contributed by atoms with Crippen LogP contribution >= 0.6 is 0 Å². The number of carbonyl (C=O) groups excluding carboxylic acids is 1. The number of hydrogen-bond donors (Lipinski definition) is 4. The molecule has 3 heterocycles. The summed E-state index contributed by atoms with van der Waals surface area (Å²) >= 11 is 0. The molecule has 1 aliphatic heterocycles. The first kappa shape index (κ1) is 18.5. The van der Waals surface area contributed by atoms with Crippen molar-refractivity contribution in [1.82, 2.24) is 19.6 Å². The number of amides is 1. The van der Waals surface area contributed by atoms with Crippen LogP contribution in [0.5, 0.6) is 0 Å². The average molecular weight is 367 g/mol. The van der Waals surface area contributed by atoms with Crippen LogP contribution in [0.3, 0.4) is 0 Å². The summed E-state index contributed by atoms with van der Waals surface area (Å²) in [5.74, 6) is 0.0715. The van der Waals surface area contributed by atoms with Crippen molar-refractivity contribution in [1.29, 1.82) is 0 Å². The van der Waals surface area contributed by atoms with Crippen molar-refractivity contribution in [3.63, 3.8) is 0 Å². The maximum absolute atomic E-state index is 12.0. The summed E-state index contributed by atoms with van der Waals surface area (Å²) in [6.45, 7) is 4.76. The number of nitrogens with one attached hydrogen (secondary N) is 1. The Morgan fingerprint density at radius 2 is 2.08 bits per heavy atom. The van der Waals surface area contributed by atoms with Gasteiger partial charge >= 0.3 is 6.09 Å². The Hall–Kier alpha value is -2.34. The highest BCUT2D eigenvalue weighted by atomic mass is 16.6. The topological polar surface area (TPSA) is 151 Å². The molecule has 0 bridgehead atoms. The third-order valence-electron chi connectivity index (χ3n) is 3.79. The molecule has 0 radical (unpaired) electrons. The fraction of sp³-hybridized carbons (Fsp3) is 0.600. The van der Waals surface area contributed by atoms with Crippen molar-refractivity contribution in [2.75, 3.05) is 11.9 Å². The predicted octanol–water partition coefficient (Wildman–Crippen LogP) is -0.375. The normalized spacial score (nSPS) is 26.2. The molecule has 2 aromatic rings. The molecule has 0 saturated carbocycles. The molecule has 1 aliphatic rings. The van der Waals surface area contributed by atoms with Crippen molar-refractivity contribution in [2.45, 2.75) is 50.8 Å². The van der Waals surface area contributed by atoms with E-state index in [0.29, 0.717) is 5.56 Å². The molecule has 1 amide bonds. The van der Waals surface area contributed by atoms with E-state index in [0.717, 1.165) is 0 Å². The minimum Gasteiger partial charge on any atom is -0.444 e. The van der Waals surface area contributed by atoms with E-state index < -0.39 is 42.7 Å². The van der Waals surface area contributed by atoms with Crippen LogP contribution in [-0.4, -0.2) is 71.5 Å². The zero-order valence-corrected chi connectivity index (χ0v) is 14.5. The van der Waals surface area contributed by atoms with E-state index in [1.165, 1.54) is 17.0 Å². The lowest BCUT2D eigenvalue weighted by Gasteiger charge is -2.19. The van der Waals surface area contributed by atoms with Crippen LogP contribution in [0.15, 0.2) is 12.5 Å². The van der Waals surface area contributed by atoms with Crippen LogP contribution in [0.25, 0.3) is 5.65 Å². The van der Waals surface area contributed by atoms with Gasteiger partial charge in [0.05, 0.1) is 12.8 Å². The molecule has 0 unspecified atom stereocenters. The van der Waals surface area contributed by atoms with Gasteiger partial charge in [-0.05, 0) is 20.8 Å². The monoisotopic (exact) mass is 367 g/mol. The van der Waals surface area contributed by atoms with Gasteiger partial charge in [-0.25, -0.2) is 14.8 Å². The Kier molecular flexibility index (Phi) is 4.80. The van der Waals surface area contributed by atoms with Crippen molar-refractivity contribution >= 4 is 17.7 Å². The molecule has 11 heteroatoms. The molecule has 3 rings (SSSR count). The Labute approximate surface area is 148 Å². The van der Waals surface area contributed by atoms with Crippen molar-refractivity contribution < 1.29 is 29.6 Å². The second kappa shape index (κ2) is 6.76. The van der Waals surface area contributed by atoms with Crippen molar-refractivity contribution in [3.8, 4) is 0 Å². The molecular formula is C15H21N5O6. The second-order valence-electron chi connectivity index (χ2n) is 6.92. The zero-order valence-electron chi connectivity index (χ0n) is 14.5. The number of aliphatic hydroxyl groups is 3. The smallest absolute Gasteiger partial charge is 0.414 e. The molecule has 11 nitrogen and oxygen atoms in total. The summed E-state index contributed by atoms with van der Waals surface area (Å²) in [7, 11) is 0. The minimum atomic E-state index is -1.25. The fourth-order valence-electron chi connectivity index (χ4n) is 2.67. The number of aromatic nitrogens is 4. The molecule has 2 aromatic heterocycles. The number of fused-ring (bicyclic) bond motifs is 1. The molecule has 1 fully saturated rings. The number of aliphatic hydroxyl groups excluding tert-OH is 3. The number of anilines is 1. The van der Waals surface area contributed by atoms with Gasteiger partial charge in [-0.15, -0.1) is 0 Å². The average Bonchev–Trinajstić information content (AvgIpc) is 3.09. The maximum Gasteiger partial charge on any atom is 0.414 e. The molecule has 0 aliphatic carbocycles. The minimum absolute atomic E-state index is 0.0715. The lowest BCUT2D eigenvalue weighted by Crippen LogP contribution is -2.32. The molecule has 4 atom stereocenters. The van der Waals surface area contributed by atoms with Gasteiger partial charge in [0, 0.05) is 5.56 Å². The quantitative estimate of drug-likeness (QED) is 0.569. The van der Waals surface area contributed by atoms with Crippen LogP contribution in [0.1, 0.15) is 32.4 Å². The van der Waals surface area contributed by atoms with Gasteiger partial charge in [0.1, 0.15) is 36.3 Å². The van der Waals surface area contributed by atoms with Crippen LogP contribution < -0.4 is 5.32 Å². The van der Waals surface area contributed by atoms with Crippen LogP contribution in [-0.2, 0) is 9.47 Å². The van der Waals surface area contributed by atoms with Gasteiger partial charge in [-0.2, -0.15) is 9.61 Å². The first-order chi connectivity index (χ1) is 12.2. The summed E-state index contributed by atoms with van der Waals surface area (Å²) < 4.78 is 11.9. The molecule has 4 N–H and O–H groups in total. The third kappa shape index (κ3) is 3.46. The molecule has 142 valence electrons. The van der Waals surface area contributed by atoms with E-state index in [-0.39, 0.29) is 11.6 Å². The van der Waals surface area contributed by atoms with E-state index in [2.05, 4.69) is 20.4 Å². The first-order valence-electron chi connectivity index (χ1n) is 8.02. The van der Waals surface area contributed by atoms with Gasteiger partial charge in [0.15, 0.2) is 5.65 Å². The summed E-state index contributed by atoms with van der Waals surface area (Å²) in [5, 5.41) is 35.9. The van der Waals surface area contributed by atoms with Crippen LogP contribution in [0.2, 0.25) is 0 Å². The number of carbonyl (C=O) groups is 1. The van der Waals surface area contributed by atoms with Gasteiger partial charge < -0.3 is 24.8 Å². The Morgan fingerprint density at radius 3 is 2.69 bits per heavy atom. The summed E-state index contributed by atoms with van der Waals surface area (Å²) in [5.41, 5.74) is -0.00835. The Morgan fingerprint density at radius 1 is 1.35 bits per heavy atom. The Bertz CT molecular complexity index is 803. The highest BCUT2D eigenvalue weighted by Crippen LogP contribution is 2.35. The van der Waals surface area contributed by atoms with Gasteiger partial charge in [0.2, 0.25) is 5.95 Å². The van der Waals surface area contributed by atoms with E-state index in [1.807, 2.05) is 0 Å². The van der Waals surface area contributed by atoms with E-state index in [4.69, 9.17) is 9.47 Å². The highest BCUT2D eigenvalue weighted by molar-refractivity contribution is 5.83. The van der Waals surface area contributed by atoms with E-state index >= 15 is 0 Å². The summed E-state index contributed by atoms with van der Waals surface area (Å²) in [6.07, 6.45) is -2.42. The predicted molar refractivity (Wildman–Crippen MR) is 87.4 cm³/mol. The number of ether oxygens (including phenoxy) is 2. The van der Waals surface area contributed by atoms with Gasteiger partial charge in [0.25, 0.3) is 0 Å². The van der Waals surface area contributed by atoms with Gasteiger partial charge in [-0.3, -0.25) is 5.32 Å². The molecule has 26 heavy (non-hydrogen) atoms. The van der Waals surface area contributed by atoms with Gasteiger partial charge in [-0.1, -0.05) is 0 Å². The number of hydrogen-bond acceptors (Lipinski definition) is 9. The maximum atomic E-state index is 12.0.